The number of fused-ring (bicyclic) bond motifs is 1. The van der Waals surface area contributed by atoms with Crippen molar-refractivity contribution >= 4 is 40.0 Å². The van der Waals surface area contributed by atoms with E-state index >= 15 is 0 Å². The van der Waals surface area contributed by atoms with Crippen LogP contribution >= 0.6 is 11.6 Å². The molecule has 0 unspecified atom stereocenters. The monoisotopic (exact) mass is 340 g/mol. The van der Waals surface area contributed by atoms with Crippen LogP contribution in [0.3, 0.4) is 0 Å². The van der Waals surface area contributed by atoms with E-state index in [4.69, 9.17) is 17.3 Å². The first-order chi connectivity index (χ1) is 11.7. The van der Waals surface area contributed by atoms with Gasteiger partial charge < -0.3 is 16.4 Å². The van der Waals surface area contributed by atoms with Crippen molar-refractivity contribution < 1.29 is 0 Å². The number of halogens is 1. The lowest BCUT2D eigenvalue weighted by atomic mass is 9.86. The molecule has 7 heteroatoms. The number of benzene rings is 1. The highest BCUT2D eigenvalue weighted by Gasteiger charge is 2.29. The van der Waals surface area contributed by atoms with Crippen LogP contribution in [0.4, 0.5) is 17.3 Å². The summed E-state index contributed by atoms with van der Waals surface area (Å²) in [5.74, 6) is 1.52. The Bertz CT molecular complexity index is 878. The second-order valence-electron chi connectivity index (χ2n) is 5.98. The molecule has 4 N–H and O–H groups in total. The topological polar surface area (TPSA) is 88.8 Å². The van der Waals surface area contributed by atoms with Gasteiger partial charge in [-0.1, -0.05) is 11.6 Å². The van der Waals surface area contributed by atoms with Crippen LogP contribution in [0.2, 0.25) is 5.02 Å². The van der Waals surface area contributed by atoms with Gasteiger partial charge in [0.1, 0.15) is 11.6 Å². The maximum absolute atomic E-state index is 6.01. The lowest BCUT2D eigenvalue weighted by Crippen LogP contribution is -2.44. The third-order valence-electron chi connectivity index (χ3n) is 4.17. The van der Waals surface area contributed by atoms with Crippen LogP contribution in [-0.4, -0.2) is 27.0 Å². The van der Waals surface area contributed by atoms with Gasteiger partial charge in [-0.25, -0.2) is 9.97 Å². The van der Waals surface area contributed by atoms with Crippen molar-refractivity contribution in [1.82, 2.24) is 15.0 Å². The number of nitrogen functional groups attached to an aromatic ring is 1. The van der Waals surface area contributed by atoms with Gasteiger partial charge in [0.25, 0.3) is 0 Å². The molecule has 24 heavy (non-hydrogen) atoms. The zero-order valence-electron chi connectivity index (χ0n) is 12.9. The summed E-state index contributed by atoms with van der Waals surface area (Å²) in [6, 6.07) is 9.91. The van der Waals surface area contributed by atoms with Crippen molar-refractivity contribution in [2.75, 3.05) is 16.4 Å². The Morgan fingerprint density at radius 2 is 1.88 bits per heavy atom. The van der Waals surface area contributed by atoms with Gasteiger partial charge in [0.15, 0.2) is 0 Å². The molecule has 122 valence electrons. The Kier molecular flexibility index (Phi) is 3.82. The molecule has 2 aromatic heterocycles. The van der Waals surface area contributed by atoms with Gasteiger partial charge in [-0.15, -0.1) is 0 Å². The van der Waals surface area contributed by atoms with Gasteiger partial charge in [-0.2, -0.15) is 0 Å². The Labute approximate surface area is 144 Å². The molecule has 6 nitrogen and oxygen atoms in total. The highest BCUT2D eigenvalue weighted by atomic mass is 35.5. The Hall–Kier alpha value is -2.60. The molecule has 2 heterocycles. The van der Waals surface area contributed by atoms with E-state index in [2.05, 4.69) is 25.6 Å². The van der Waals surface area contributed by atoms with Crippen LogP contribution in [0.5, 0.6) is 0 Å². The van der Waals surface area contributed by atoms with Crippen LogP contribution in [0.15, 0.2) is 42.7 Å². The highest BCUT2D eigenvalue weighted by molar-refractivity contribution is 6.31. The summed E-state index contributed by atoms with van der Waals surface area (Å²) < 4.78 is 0. The minimum atomic E-state index is 0.360. The summed E-state index contributed by atoms with van der Waals surface area (Å²) in [4.78, 5) is 13.2. The van der Waals surface area contributed by atoms with Crippen LogP contribution in [0.1, 0.15) is 12.8 Å². The van der Waals surface area contributed by atoms with Gasteiger partial charge in [0.05, 0.1) is 22.9 Å². The normalized spacial score (nSPS) is 19.7. The van der Waals surface area contributed by atoms with E-state index in [1.54, 1.807) is 12.4 Å². The van der Waals surface area contributed by atoms with Crippen LogP contribution in [-0.2, 0) is 0 Å². The molecule has 1 aliphatic rings. The van der Waals surface area contributed by atoms with Gasteiger partial charge in [-0.3, -0.25) is 4.98 Å². The first-order valence-corrected chi connectivity index (χ1v) is 8.21. The molecule has 0 radical (unpaired) electrons. The Balaban J connectivity index is 1.37. The molecule has 0 aliphatic heterocycles. The number of anilines is 3. The number of pyridine rings is 1. The second kappa shape index (κ2) is 6.13. The van der Waals surface area contributed by atoms with E-state index in [1.807, 2.05) is 30.3 Å². The first-order valence-electron chi connectivity index (χ1n) is 7.83. The standard InChI is InChI=1S/C17H17ClN6/c18-10-3-4-14-15(6-10)24-16(9-21-14)22-11-7-12(8-11)23-17-13(19)2-1-5-20-17/h1-6,9,11-12H,7-8,19H2,(H,20,23)(H,22,24)/t11-,12-. The van der Waals surface area contributed by atoms with Crippen molar-refractivity contribution in [3.8, 4) is 0 Å². The summed E-state index contributed by atoms with van der Waals surface area (Å²) in [6.07, 6.45) is 5.45. The molecule has 4 rings (SSSR count). The molecule has 0 amide bonds. The summed E-state index contributed by atoms with van der Waals surface area (Å²) in [5.41, 5.74) is 8.20. The predicted octanol–water partition coefficient (Wildman–Crippen LogP) is 3.32. The minimum absolute atomic E-state index is 0.360. The summed E-state index contributed by atoms with van der Waals surface area (Å²) in [5, 5.41) is 7.44. The molecule has 0 atom stereocenters. The number of rotatable bonds is 4. The van der Waals surface area contributed by atoms with Crippen LogP contribution in [0, 0.1) is 0 Å². The maximum Gasteiger partial charge on any atom is 0.149 e. The average molecular weight is 341 g/mol. The average Bonchev–Trinajstić information content (AvgIpc) is 2.54. The highest BCUT2D eigenvalue weighted by Crippen LogP contribution is 2.28. The second-order valence-corrected chi connectivity index (χ2v) is 6.42. The van der Waals surface area contributed by atoms with E-state index in [0.717, 1.165) is 35.5 Å². The Morgan fingerprint density at radius 1 is 1.04 bits per heavy atom. The SMILES string of the molecule is Nc1cccnc1N[C@H]1C[C@H](Nc2cnc3ccc(Cl)cc3n2)C1. The molecular formula is C17H17ClN6. The third kappa shape index (κ3) is 3.05. The van der Waals surface area contributed by atoms with Crippen molar-refractivity contribution in [3.05, 3.63) is 47.7 Å². The molecule has 0 spiro atoms. The molecule has 1 fully saturated rings. The Morgan fingerprint density at radius 3 is 2.71 bits per heavy atom. The zero-order chi connectivity index (χ0) is 16.5. The van der Waals surface area contributed by atoms with Crippen molar-refractivity contribution in [2.45, 2.75) is 24.9 Å². The van der Waals surface area contributed by atoms with E-state index in [0.29, 0.717) is 22.8 Å². The van der Waals surface area contributed by atoms with Crippen LogP contribution < -0.4 is 16.4 Å². The molecule has 3 aromatic rings. The van der Waals surface area contributed by atoms with Crippen LogP contribution in [0.25, 0.3) is 11.0 Å². The molecule has 0 saturated heterocycles. The molecular weight excluding hydrogens is 324 g/mol. The zero-order valence-corrected chi connectivity index (χ0v) is 13.7. The number of aromatic nitrogens is 3. The summed E-state index contributed by atoms with van der Waals surface area (Å²) in [7, 11) is 0. The van der Waals surface area contributed by atoms with Crippen molar-refractivity contribution in [2.24, 2.45) is 0 Å². The lowest BCUT2D eigenvalue weighted by Gasteiger charge is -2.37. The van der Waals surface area contributed by atoms with E-state index < -0.39 is 0 Å². The predicted molar refractivity (Wildman–Crippen MR) is 97.3 cm³/mol. The maximum atomic E-state index is 6.01. The van der Waals surface area contributed by atoms with Gasteiger partial charge in [-0.05, 0) is 43.2 Å². The number of nitrogens with one attached hydrogen (secondary N) is 2. The molecule has 0 bridgehead atoms. The van der Waals surface area contributed by atoms with Crippen molar-refractivity contribution in [3.63, 3.8) is 0 Å². The van der Waals surface area contributed by atoms with Gasteiger partial charge in [0.2, 0.25) is 0 Å². The largest absolute Gasteiger partial charge is 0.396 e. The molecule has 1 aromatic carbocycles. The van der Waals surface area contributed by atoms with Crippen molar-refractivity contribution in [1.29, 1.82) is 0 Å². The van der Waals surface area contributed by atoms with Gasteiger partial charge >= 0.3 is 0 Å². The molecule has 1 aliphatic carbocycles. The third-order valence-corrected chi connectivity index (χ3v) is 4.41. The number of hydrogen-bond donors (Lipinski definition) is 3. The summed E-state index contributed by atoms with van der Waals surface area (Å²) in [6.45, 7) is 0. The minimum Gasteiger partial charge on any atom is -0.396 e. The van der Waals surface area contributed by atoms with E-state index in [9.17, 15) is 0 Å². The van der Waals surface area contributed by atoms with Gasteiger partial charge in [0, 0.05) is 23.3 Å². The molecule has 1 saturated carbocycles. The number of nitrogens with two attached hydrogens (primary N) is 1. The first kappa shape index (κ1) is 15.0. The fourth-order valence-corrected chi connectivity index (χ4v) is 3.01. The smallest absolute Gasteiger partial charge is 0.149 e. The fourth-order valence-electron chi connectivity index (χ4n) is 2.85. The number of hydrogen-bond acceptors (Lipinski definition) is 6. The number of nitrogens with zero attached hydrogens (tertiary/aromatic N) is 3. The lowest BCUT2D eigenvalue weighted by molar-refractivity contribution is 0.396. The summed E-state index contributed by atoms with van der Waals surface area (Å²) >= 11 is 6.01. The fraction of sp³-hybridized carbons (Fsp3) is 0.235. The quantitative estimate of drug-likeness (QED) is 0.675. The van der Waals surface area contributed by atoms with E-state index in [-0.39, 0.29) is 0 Å². The van der Waals surface area contributed by atoms with E-state index in [1.165, 1.54) is 0 Å².